The predicted octanol–water partition coefficient (Wildman–Crippen LogP) is 2.51. The molecule has 2 aromatic rings. The molecule has 0 aliphatic rings. The second kappa shape index (κ2) is 6.93. The minimum absolute atomic E-state index is 0.110. The van der Waals surface area contributed by atoms with E-state index in [2.05, 4.69) is 10.3 Å². The van der Waals surface area contributed by atoms with Crippen LogP contribution in [0.5, 0.6) is 0 Å². The number of aromatic nitrogens is 1. The summed E-state index contributed by atoms with van der Waals surface area (Å²) < 4.78 is 26.1. The third-order valence-electron chi connectivity index (χ3n) is 3.16. The number of carbonyl (C=O) groups excluding carboxylic acids is 1. The second-order valence-corrected chi connectivity index (χ2v) is 6.07. The maximum atomic E-state index is 13.2. The van der Waals surface area contributed by atoms with Crippen molar-refractivity contribution in [3.05, 3.63) is 51.5 Å². The first kappa shape index (κ1) is 16.5. The van der Waals surface area contributed by atoms with Gasteiger partial charge in [-0.15, -0.1) is 11.3 Å². The maximum absolute atomic E-state index is 13.2. The van der Waals surface area contributed by atoms with Gasteiger partial charge in [-0.25, -0.2) is 13.8 Å². The number of thiazole rings is 1. The second-order valence-electron chi connectivity index (χ2n) is 5.01. The number of benzene rings is 1. The highest BCUT2D eigenvalue weighted by atomic mass is 32.1. The van der Waals surface area contributed by atoms with Gasteiger partial charge in [-0.05, 0) is 31.5 Å². The summed E-state index contributed by atoms with van der Waals surface area (Å²) in [5.74, 6) is -2.31. The number of rotatable bonds is 5. The smallest absolute Gasteiger partial charge is 0.226 e. The Morgan fingerprint density at radius 2 is 2.14 bits per heavy atom. The minimum atomic E-state index is -1.13. The van der Waals surface area contributed by atoms with Gasteiger partial charge < -0.3 is 10.4 Å². The van der Waals surface area contributed by atoms with Crippen molar-refractivity contribution in [1.82, 2.24) is 10.3 Å². The molecule has 2 rings (SSSR count). The molecule has 1 aromatic heterocycles. The van der Waals surface area contributed by atoms with E-state index in [0.717, 1.165) is 17.1 Å². The summed E-state index contributed by atoms with van der Waals surface area (Å²) >= 11 is 1.45. The fraction of sp³-hybridized carbons (Fsp3) is 0.333. The van der Waals surface area contributed by atoms with Gasteiger partial charge in [-0.2, -0.15) is 0 Å². The van der Waals surface area contributed by atoms with Crippen LogP contribution in [0.3, 0.4) is 0 Å². The number of aliphatic hydroxyl groups is 1. The summed E-state index contributed by atoms with van der Waals surface area (Å²) in [5.41, 5.74) is 0.866. The molecule has 1 heterocycles. The Balaban J connectivity index is 1.96. The maximum Gasteiger partial charge on any atom is 0.226 e. The number of hydrogen-bond acceptors (Lipinski definition) is 4. The van der Waals surface area contributed by atoms with Gasteiger partial charge in [0.1, 0.15) is 0 Å². The van der Waals surface area contributed by atoms with Crippen molar-refractivity contribution < 1.29 is 18.7 Å². The van der Waals surface area contributed by atoms with E-state index < -0.39 is 23.8 Å². The monoisotopic (exact) mass is 326 g/mol. The van der Waals surface area contributed by atoms with E-state index in [0.29, 0.717) is 5.69 Å². The fourth-order valence-electron chi connectivity index (χ4n) is 2.02. The van der Waals surface area contributed by atoms with Crippen molar-refractivity contribution in [3.63, 3.8) is 0 Å². The van der Waals surface area contributed by atoms with Crippen LogP contribution >= 0.6 is 11.3 Å². The summed E-state index contributed by atoms with van der Waals surface area (Å²) in [5, 5.41) is 15.4. The minimum Gasteiger partial charge on any atom is -0.386 e. The van der Waals surface area contributed by atoms with Crippen molar-refractivity contribution in [3.8, 4) is 0 Å². The lowest BCUT2D eigenvalue weighted by molar-refractivity contribution is -0.121. The first-order valence-corrected chi connectivity index (χ1v) is 7.58. The molecule has 0 bridgehead atoms. The van der Waals surface area contributed by atoms with Crippen molar-refractivity contribution in [1.29, 1.82) is 0 Å². The van der Waals surface area contributed by atoms with Crippen LogP contribution in [0.4, 0.5) is 8.78 Å². The Kier molecular flexibility index (Phi) is 5.20. The van der Waals surface area contributed by atoms with Crippen molar-refractivity contribution in [2.24, 2.45) is 0 Å². The van der Waals surface area contributed by atoms with E-state index in [-0.39, 0.29) is 17.9 Å². The summed E-state index contributed by atoms with van der Waals surface area (Å²) in [7, 11) is 0. The topological polar surface area (TPSA) is 62.2 Å². The fourth-order valence-corrected chi connectivity index (χ4v) is 2.64. The van der Waals surface area contributed by atoms with Gasteiger partial charge in [0.05, 0.1) is 29.3 Å². The number of nitrogens with zero attached hydrogens (tertiary/aromatic N) is 1. The largest absolute Gasteiger partial charge is 0.386 e. The molecule has 0 saturated carbocycles. The van der Waals surface area contributed by atoms with Gasteiger partial charge in [0.15, 0.2) is 11.6 Å². The van der Waals surface area contributed by atoms with Gasteiger partial charge >= 0.3 is 0 Å². The van der Waals surface area contributed by atoms with Gasteiger partial charge in [-0.1, -0.05) is 6.07 Å². The Bertz CT molecular complexity index is 675. The van der Waals surface area contributed by atoms with Gasteiger partial charge in [0.25, 0.3) is 0 Å². The van der Waals surface area contributed by atoms with Crippen LogP contribution in [0.1, 0.15) is 29.3 Å². The number of nitrogens with one attached hydrogen (secondary N) is 1. The highest BCUT2D eigenvalue weighted by Gasteiger charge is 2.20. The number of aliphatic hydroxyl groups excluding tert-OH is 1. The van der Waals surface area contributed by atoms with Gasteiger partial charge in [-0.3, -0.25) is 4.79 Å². The third-order valence-corrected chi connectivity index (χ3v) is 3.98. The molecule has 2 N–H and O–H groups in total. The Hall–Kier alpha value is -1.86. The zero-order valence-electron chi connectivity index (χ0n) is 12.1. The molecule has 0 radical (unpaired) electrons. The summed E-state index contributed by atoms with van der Waals surface area (Å²) in [6.07, 6.45) is -1.02. The summed E-state index contributed by atoms with van der Waals surface area (Å²) in [6.45, 7) is 3.44. The number of carbonyl (C=O) groups is 1. The van der Waals surface area contributed by atoms with Gasteiger partial charge in [0.2, 0.25) is 5.91 Å². The van der Waals surface area contributed by atoms with E-state index in [9.17, 15) is 18.7 Å². The molecular formula is C15H16F2N2O2S. The van der Waals surface area contributed by atoms with Crippen LogP contribution in [-0.2, 0) is 11.2 Å². The van der Waals surface area contributed by atoms with Crippen LogP contribution < -0.4 is 5.32 Å². The Morgan fingerprint density at radius 3 is 2.73 bits per heavy atom. The quantitative estimate of drug-likeness (QED) is 0.887. The molecule has 0 spiro atoms. The molecule has 22 heavy (non-hydrogen) atoms. The van der Waals surface area contributed by atoms with Crippen molar-refractivity contribution in [2.45, 2.75) is 32.4 Å². The van der Waals surface area contributed by atoms with E-state index in [1.165, 1.54) is 17.4 Å². The lowest BCUT2D eigenvalue weighted by Crippen LogP contribution is -2.38. The lowest BCUT2D eigenvalue weighted by Gasteiger charge is -2.20. The molecule has 4 nitrogen and oxygen atoms in total. The highest BCUT2D eigenvalue weighted by Crippen LogP contribution is 2.19. The summed E-state index contributed by atoms with van der Waals surface area (Å²) in [4.78, 5) is 16.1. The summed E-state index contributed by atoms with van der Waals surface area (Å²) in [6, 6.07) is 2.51. The Labute approximate surface area is 130 Å². The zero-order chi connectivity index (χ0) is 16.3. The van der Waals surface area contributed by atoms with Gasteiger partial charge in [0, 0.05) is 5.38 Å². The van der Waals surface area contributed by atoms with E-state index in [4.69, 9.17) is 0 Å². The number of halogens is 2. The third kappa shape index (κ3) is 4.08. The SMILES string of the molecule is Cc1nc(CC(=O)NC(C)C(O)c2ccc(F)c(F)c2)cs1. The van der Waals surface area contributed by atoms with E-state index >= 15 is 0 Å². The first-order valence-electron chi connectivity index (χ1n) is 6.70. The van der Waals surface area contributed by atoms with E-state index in [1.54, 1.807) is 12.3 Å². The molecule has 1 amide bonds. The molecule has 118 valence electrons. The molecule has 2 atom stereocenters. The molecule has 7 heteroatoms. The molecule has 0 aliphatic heterocycles. The van der Waals surface area contributed by atoms with Crippen LogP contribution in [0.2, 0.25) is 0 Å². The average molecular weight is 326 g/mol. The van der Waals surface area contributed by atoms with Crippen LogP contribution in [0.25, 0.3) is 0 Å². The molecule has 2 unspecified atom stereocenters. The molecule has 0 aliphatic carbocycles. The normalized spacial score (nSPS) is 13.7. The number of hydrogen-bond donors (Lipinski definition) is 2. The van der Waals surface area contributed by atoms with Crippen molar-refractivity contribution in [2.75, 3.05) is 0 Å². The molecule has 0 fully saturated rings. The standard InChI is InChI=1S/C15H16F2N2O2S/c1-8(15(21)10-3-4-12(16)13(17)5-10)18-14(20)6-11-7-22-9(2)19-11/h3-5,7-8,15,21H,6H2,1-2H3,(H,18,20). The van der Waals surface area contributed by atoms with Crippen LogP contribution in [0, 0.1) is 18.6 Å². The van der Waals surface area contributed by atoms with Crippen molar-refractivity contribution >= 4 is 17.2 Å². The number of amides is 1. The van der Waals surface area contributed by atoms with E-state index in [1.807, 2.05) is 6.92 Å². The van der Waals surface area contributed by atoms with Crippen LogP contribution in [0.15, 0.2) is 23.6 Å². The zero-order valence-corrected chi connectivity index (χ0v) is 13.0. The molecule has 1 aromatic carbocycles. The molecule has 0 saturated heterocycles. The predicted molar refractivity (Wildman–Crippen MR) is 79.5 cm³/mol. The first-order chi connectivity index (χ1) is 10.4. The van der Waals surface area contributed by atoms with Crippen LogP contribution in [-0.4, -0.2) is 22.0 Å². The molecular weight excluding hydrogens is 310 g/mol. The number of aryl methyl sites for hydroxylation is 1. The average Bonchev–Trinajstić information content (AvgIpc) is 2.86. The Morgan fingerprint density at radius 1 is 1.41 bits per heavy atom. The lowest BCUT2D eigenvalue weighted by atomic mass is 10.0. The highest BCUT2D eigenvalue weighted by molar-refractivity contribution is 7.09.